The molecule has 0 spiro atoms. The molecule has 0 radical (unpaired) electrons. The number of ether oxygens (including phenoxy) is 2. The molecule has 4 heteroatoms. The Morgan fingerprint density at radius 1 is 1.05 bits per heavy atom. The van der Waals surface area contributed by atoms with E-state index in [1.807, 2.05) is 49.4 Å². The summed E-state index contributed by atoms with van der Waals surface area (Å²) in [6.07, 6.45) is 0. The van der Waals surface area contributed by atoms with Crippen molar-refractivity contribution in [1.29, 1.82) is 0 Å². The predicted octanol–water partition coefficient (Wildman–Crippen LogP) is 3.44. The Hall–Kier alpha value is -1.52. The highest BCUT2D eigenvalue weighted by Gasteiger charge is 2.27. The number of halogens is 1. The number of benzene rings is 2. The van der Waals surface area contributed by atoms with Crippen molar-refractivity contribution in [2.24, 2.45) is 5.73 Å². The molecule has 20 heavy (non-hydrogen) atoms. The number of hydrogen-bond acceptors (Lipinski definition) is 3. The van der Waals surface area contributed by atoms with E-state index in [0.717, 1.165) is 27.1 Å². The summed E-state index contributed by atoms with van der Waals surface area (Å²) in [5, 5.41) is 0. The van der Waals surface area contributed by atoms with E-state index < -0.39 is 5.54 Å². The smallest absolute Gasteiger partial charge is 0.161 e. The minimum Gasteiger partial charge on any atom is -0.486 e. The van der Waals surface area contributed by atoms with E-state index in [9.17, 15) is 0 Å². The lowest BCUT2D eigenvalue weighted by Gasteiger charge is -2.28. The van der Waals surface area contributed by atoms with Crippen LogP contribution in [-0.4, -0.2) is 13.2 Å². The van der Waals surface area contributed by atoms with E-state index in [1.165, 1.54) is 0 Å². The molecule has 0 aliphatic carbocycles. The first-order valence-corrected chi connectivity index (χ1v) is 7.32. The molecule has 0 saturated carbocycles. The molecule has 2 N–H and O–H groups in total. The van der Waals surface area contributed by atoms with Gasteiger partial charge in [0.2, 0.25) is 0 Å². The van der Waals surface area contributed by atoms with Crippen molar-refractivity contribution in [2.75, 3.05) is 13.2 Å². The van der Waals surface area contributed by atoms with Gasteiger partial charge >= 0.3 is 0 Å². The van der Waals surface area contributed by atoms with Crippen molar-refractivity contribution in [3.63, 3.8) is 0 Å². The van der Waals surface area contributed by atoms with Crippen LogP contribution in [0.2, 0.25) is 0 Å². The Morgan fingerprint density at radius 2 is 1.75 bits per heavy atom. The summed E-state index contributed by atoms with van der Waals surface area (Å²) in [5.41, 5.74) is 8.00. The minimum absolute atomic E-state index is 0.576. The van der Waals surface area contributed by atoms with Crippen LogP contribution in [0.3, 0.4) is 0 Å². The van der Waals surface area contributed by atoms with E-state index in [2.05, 4.69) is 15.9 Å². The Morgan fingerprint density at radius 3 is 2.50 bits per heavy atom. The highest BCUT2D eigenvalue weighted by Crippen LogP contribution is 2.37. The first-order chi connectivity index (χ1) is 9.59. The topological polar surface area (TPSA) is 44.5 Å². The molecular formula is C16H16BrNO2. The van der Waals surface area contributed by atoms with Gasteiger partial charge in [0.05, 0.1) is 5.54 Å². The summed E-state index contributed by atoms with van der Waals surface area (Å²) < 4.78 is 12.2. The van der Waals surface area contributed by atoms with E-state index in [1.54, 1.807) is 0 Å². The monoisotopic (exact) mass is 333 g/mol. The summed E-state index contributed by atoms with van der Waals surface area (Å²) in [4.78, 5) is 0. The number of hydrogen-bond donors (Lipinski definition) is 1. The van der Waals surface area contributed by atoms with Gasteiger partial charge in [-0.3, -0.25) is 0 Å². The van der Waals surface area contributed by atoms with Gasteiger partial charge < -0.3 is 15.2 Å². The largest absolute Gasteiger partial charge is 0.486 e. The van der Waals surface area contributed by atoms with Crippen LogP contribution in [0.4, 0.5) is 0 Å². The Balaban J connectivity index is 2.05. The molecule has 0 aromatic heterocycles. The van der Waals surface area contributed by atoms with Gasteiger partial charge in [-0.05, 0) is 36.2 Å². The number of nitrogens with two attached hydrogens (primary N) is 1. The third-order valence-corrected chi connectivity index (χ3v) is 4.27. The molecular weight excluding hydrogens is 318 g/mol. The van der Waals surface area contributed by atoms with E-state index in [0.29, 0.717) is 13.2 Å². The van der Waals surface area contributed by atoms with Crippen molar-refractivity contribution in [2.45, 2.75) is 12.5 Å². The van der Waals surface area contributed by atoms with E-state index in [4.69, 9.17) is 15.2 Å². The van der Waals surface area contributed by atoms with Crippen LogP contribution in [0.15, 0.2) is 46.9 Å². The molecule has 1 heterocycles. The Labute approximate surface area is 126 Å². The van der Waals surface area contributed by atoms with Gasteiger partial charge in [0, 0.05) is 4.47 Å². The fourth-order valence-electron chi connectivity index (χ4n) is 2.40. The Kier molecular flexibility index (Phi) is 3.44. The van der Waals surface area contributed by atoms with Crippen molar-refractivity contribution in [1.82, 2.24) is 0 Å². The van der Waals surface area contributed by atoms with Gasteiger partial charge in [0.15, 0.2) is 11.5 Å². The molecule has 2 aromatic rings. The second-order valence-corrected chi connectivity index (χ2v) is 5.89. The standard InChI is InChI=1S/C16H16BrNO2/c1-16(18,12-4-2-3-5-13(12)17)11-6-7-14-15(10-11)20-9-8-19-14/h2-7,10H,8-9,18H2,1H3. The SMILES string of the molecule is CC(N)(c1ccc2c(c1)OCCO2)c1ccccc1Br. The van der Waals surface area contributed by atoms with Gasteiger partial charge in [-0.2, -0.15) is 0 Å². The van der Waals surface area contributed by atoms with Crippen LogP contribution < -0.4 is 15.2 Å². The van der Waals surface area contributed by atoms with Gasteiger partial charge in [0.25, 0.3) is 0 Å². The summed E-state index contributed by atoms with van der Waals surface area (Å²) in [7, 11) is 0. The van der Waals surface area contributed by atoms with Crippen LogP contribution in [-0.2, 0) is 5.54 Å². The highest BCUT2D eigenvalue weighted by atomic mass is 79.9. The zero-order valence-corrected chi connectivity index (χ0v) is 12.8. The maximum atomic E-state index is 6.57. The molecule has 0 bridgehead atoms. The fourth-order valence-corrected chi connectivity index (χ4v) is 3.10. The molecule has 0 saturated heterocycles. The summed E-state index contributed by atoms with van der Waals surface area (Å²) in [5.74, 6) is 1.54. The van der Waals surface area contributed by atoms with Crippen LogP contribution in [0.25, 0.3) is 0 Å². The number of rotatable bonds is 2. The molecule has 1 aliphatic rings. The average Bonchev–Trinajstić information content (AvgIpc) is 2.47. The maximum absolute atomic E-state index is 6.57. The molecule has 0 amide bonds. The lowest BCUT2D eigenvalue weighted by atomic mass is 9.85. The van der Waals surface area contributed by atoms with Gasteiger partial charge in [-0.1, -0.05) is 40.2 Å². The lowest BCUT2D eigenvalue weighted by molar-refractivity contribution is 0.171. The second-order valence-electron chi connectivity index (χ2n) is 5.04. The minimum atomic E-state index is -0.601. The molecule has 2 aromatic carbocycles. The van der Waals surface area contributed by atoms with Crippen LogP contribution in [0.1, 0.15) is 18.1 Å². The highest BCUT2D eigenvalue weighted by molar-refractivity contribution is 9.10. The van der Waals surface area contributed by atoms with Gasteiger partial charge in [-0.25, -0.2) is 0 Å². The molecule has 3 rings (SSSR count). The summed E-state index contributed by atoms with van der Waals surface area (Å²) in [6, 6.07) is 13.9. The van der Waals surface area contributed by atoms with E-state index >= 15 is 0 Å². The molecule has 3 nitrogen and oxygen atoms in total. The predicted molar refractivity (Wildman–Crippen MR) is 82.2 cm³/mol. The van der Waals surface area contributed by atoms with Crippen LogP contribution in [0.5, 0.6) is 11.5 Å². The second kappa shape index (κ2) is 5.11. The molecule has 1 unspecified atom stereocenters. The molecule has 1 atom stereocenters. The molecule has 104 valence electrons. The van der Waals surface area contributed by atoms with Gasteiger partial charge in [-0.15, -0.1) is 0 Å². The number of fused-ring (bicyclic) bond motifs is 1. The normalized spacial score (nSPS) is 16.6. The maximum Gasteiger partial charge on any atom is 0.161 e. The fraction of sp³-hybridized carbons (Fsp3) is 0.250. The van der Waals surface area contributed by atoms with E-state index in [-0.39, 0.29) is 0 Å². The van der Waals surface area contributed by atoms with Gasteiger partial charge in [0.1, 0.15) is 13.2 Å². The zero-order valence-electron chi connectivity index (χ0n) is 11.2. The average molecular weight is 334 g/mol. The van der Waals surface area contributed by atoms with Crippen molar-refractivity contribution >= 4 is 15.9 Å². The van der Waals surface area contributed by atoms with Crippen molar-refractivity contribution in [3.8, 4) is 11.5 Å². The Bertz CT molecular complexity index is 640. The van der Waals surface area contributed by atoms with Crippen LogP contribution in [0, 0.1) is 0 Å². The lowest BCUT2D eigenvalue weighted by Crippen LogP contribution is -2.34. The summed E-state index contributed by atoms with van der Waals surface area (Å²) in [6.45, 7) is 3.17. The molecule has 0 fully saturated rings. The third-order valence-electron chi connectivity index (χ3n) is 3.58. The summed E-state index contributed by atoms with van der Waals surface area (Å²) >= 11 is 3.57. The quantitative estimate of drug-likeness (QED) is 0.915. The third kappa shape index (κ3) is 2.30. The first kappa shape index (κ1) is 13.5. The zero-order chi connectivity index (χ0) is 14.2. The van der Waals surface area contributed by atoms with Crippen LogP contribution >= 0.6 is 15.9 Å². The van der Waals surface area contributed by atoms with Crippen molar-refractivity contribution in [3.05, 3.63) is 58.1 Å². The molecule has 1 aliphatic heterocycles. The van der Waals surface area contributed by atoms with Crippen molar-refractivity contribution < 1.29 is 9.47 Å². The first-order valence-electron chi connectivity index (χ1n) is 6.53.